The van der Waals surface area contributed by atoms with Crippen molar-refractivity contribution in [1.82, 2.24) is 15.0 Å². The second-order valence-corrected chi connectivity index (χ2v) is 5.89. The highest BCUT2D eigenvalue weighted by Gasteiger charge is 2.09. The Morgan fingerprint density at radius 1 is 1.09 bits per heavy atom. The highest BCUT2D eigenvalue weighted by atomic mass is 79.9. The summed E-state index contributed by atoms with van der Waals surface area (Å²) in [6.07, 6.45) is 1.78. The number of halogens is 1. The number of hydrogen-bond donors (Lipinski definition) is 0. The van der Waals surface area contributed by atoms with Crippen LogP contribution in [0.3, 0.4) is 0 Å². The van der Waals surface area contributed by atoms with E-state index in [2.05, 4.69) is 26.2 Å². The number of carbonyl (C=O) groups is 1. The van der Waals surface area contributed by atoms with Crippen molar-refractivity contribution in [3.8, 4) is 0 Å². The van der Waals surface area contributed by atoms with Crippen LogP contribution in [0.4, 0.5) is 0 Å². The topological polar surface area (TPSA) is 57.0 Å². The number of ether oxygens (including phenoxy) is 1. The van der Waals surface area contributed by atoms with Crippen LogP contribution in [0.1, 0.15) is 21.6 Å². The zero-order chi connectivity index (χ0) is 16.1. The Balaban J connectivity index is 1.57. The first-order chi connectivity index (χ1) is 11.2. The molecule has 0 fully saturated rings. The van der Waals surface area contributed by atoms with Crippen molar-refractivity contribution < 1.29 is 9.53 Å². The van der Waals surface area contributed by atoms with Gasteiger partial charge in [-0.25, -0.2) is 9.48 Å². The van der Waals surface area contributed by atoms with Crippen LogP contribution < -0.4 is 0 Å². The molecule has 0 saturated heterocycles. The molecule has 0 aliphatic carbocycles. The van der Waals surface area contributed by atoms with Gasteiger partial charge in [-0.1, -0.05) is 51.5 Å². The normalized spacial score (nSPS) is 10.5. The molecule has 6 heteroatoms. The lowest BCUT2D eigenvalue weighted by Gasteiger charge is -2.02. The molecule has 0 N–H and O–H groups in total. The van der Waals surface area contributed by atoms with E-state index in [0.29, 0.717) is 17.8 Å². The standard InChI is InChI=1S/C17H14BrN3O2/c18-15-8-6-14(7-9-15)17(22)23-12-16-11-21(20-19-16)10-13-4-2-1-3-5-13/h1-9,11H,10,12H2. The minimum absolute atomic E-state index is 0.101. The number of carbonyl (C=O) groups excluding carboxylic acids is 1. The Morgan fingerprint density at radius 3 is 2.57 bits per heavy atom. The summed E-state index contributed by atoms with van der Waals surface area (Å²) in [5, 5.41) is 8.06. The third-order valence-corrected chi connectivity index (χ3v) is 3.73. The van der Waals surface area contributed by atoms with Crippen molar-refractivity contribution in [2.45, 2.75) is 13.2 Å². The van der Waals surface area contributed by atoms with Crippen LogP contribution in [0.5, 0.6) is 0 Å². The molecule has 1 aromatic heterocycles. The third kappa shape index (κ3) is 4.26. The van der Waals surface area contributed by atoms with Gasteiger partial charge in [-0.3, -0.25) is 0 Å². The van der Waals surface area contributed by atoms with E-state index in [1.807, 2.05) is 30.3 Å². The van der Waals surface area contributed by atoms with Gasteiger partial charge >= 0.3 is 5.97 Å². The largest absolute Gasteiger partial charge is 0.455 e. The molecule has 116 valence electrons. The lowest BCUT2D eigenvalue weighted by molar-refractivity contribution is 0.0467. The molecule has 3 rings (SSSR count). The second-order valence-electron chi connectivity index (χ2n) is 4.98. The number of nitrogens with zero attached hydrogens (tertiary/aromatic N) is 3. The monoisotopic (exact) mass is 371 g/mol. The zero-order valence-electron chi connectivity index (χ0n) is 12.2. The van der Waals surface area contributed by atoms with Gasteiger partial charge in [0.25, 0.3) is 0 Å². The molecule has 0 aliphatic rings. The first kappa shape index (κ1) is 15.4. The van der Waals surface area contributed by atoms with Crippen LogP contribution in [-0.4, -0.2) is 21.0 Å². The Hall–Kier alpha value is -2.47. The van der Waals surface area contributed by atoms with E-state index in [4.69, 9.17) is 4.74 Å². The Bertz CT molecular complexity index is 785. The summed E-state index contributed by atoms with van der Waals surface area (Å²) in [5.41, 5.74) is 2.26. The van der Waals surface area contributed by atoms with E-state index >= 15 is 0 Å². The number of hydrogen-bond acceptors (Lipinski definition) is 4. The summed E-state index contributed by atoms with van der Waals surface area (Å²) in [4.78, 5) is 11.9. The average Bonchev–Trinajstić information content (AvgIpc) is 3.02. The molecule has 5 nitrogen and oxygen atoms in total. The van der Waals surface area contributed by atoms with Gasteiger partial charge in [-0.2, -0.15) is 0 Å². The van der Waals surface area contributed by atoms with Gasteiger partial charge < -0.3 is 4.74 Å². The molecule has 0 radical (unpaired) electrons. The Morgan fingerprint density at radius 2 is 1.83 bits per heavy atom. The van der Waals surface area contributed by atoms with Crippen LogP contribution >= 0.6 is 15.9 Å². The van der Waals surface area contributed by atoms with Crippen molar-refractivity contribution in [1.29, 1.82) is 0 Å². The number of aromatic nitrogens is 3. The summed E-state index contributed by atoms with van der Waals surface area (Å²) in [7, 11) is 0. The zero-order valence-corrected chi connectivity index (χ0v) is 13.8. The van der Waals surface area contributed by atoms with Crippen molar-refractivity contribution in [2.75, 3.05) is 0 Å². The molecule has 1 heterocycles. The van der Waals surface area contributed by atoms with Gasteiger partial charge in [0.15, 0.2) is 0 Å². The molecule has 0 atom stereocenters. The molecule has 0 aliphatic heterocycles. The Labute approximate surface area is 142 Å². The molecule has 23 heavy (non-hydrogen) atoms. The van der Waals surface area contributed by atoms with E-state index in [1.54, 1.807) is 35.1 Å². The van der Waals surface area contributed by atoms with Crippen LogP contribution in [-0.2, 0) is 17.9 Å². The maximum Gasteiger partial charge on any atom is 0.338 e. The van der Waals surface area contributed by atoms with Gasteiger partial charge in [0.2, 0.25) is 0 Å². The van der Waals surface area contributed by atoms with Crippen molar-refractivity contribution in [3.05, 3.63) is 82.1 Å². The van der Waals surface area contributed by atoms with Gasteiger partial charge in [-0.15, -0.1) is 5.10 Å². The maximum absolute atomic E-state index is 11.9. The molecule has 3 aromatic rings. The lowest BCUT2D eigenvalue weighted by atomic mass is 10.2. The fourth-order valence-electron chi connectivity index (χ4n) is 2.06. The fourth-order valence-corrected chi connectivity index (χ4v) is 2.33. The minimum Gasteiger partial charge on any atom is -0.455 e. The van der Waals surface area contributed by atoms with Gasteiger partial charge in [-0.05, 0) is 29.8 Å². The van der Waals surface area contributed by atoms with E-state index in [1.165, 1.54) is 0 Å². The van der Waals surface area contributed by atoms with Crippen LogP contribution in [0.25, 0.3) is 0 Å². The smallest absolute Gasteiger partial charge is 0.338 e. The van der Waals surface area contributed by atoms with E-state index in [9.17, 15) is 4.79 Å². The van der Waals surface area contributed by atoms with Gasteiger partial charge in [0.1, 0.15) is 12.3 Å². The number of benzene rings is 2. The van der Waals surface area contributed by atoms with Gasteiger partial charge in [0.05, 0.1) is 18.3 Å². The minimum atomic E-state index is -0.380. The lowest BCUT2D eigenvalue weighted by Crippen LogP contribution is -2.05. The molecule has 0 saturated carbocycles. The maximum atomic E-state index is 11.9. The van der Waals surface area contributed by atoms with Crippen molar-refractivity contribution in [3.63, 3.8) is 0 Å². The molecule has 2 aromatic carbocycles. The quantitative estimate of drug-likeness (QED) is 0.644. The average molecular weight is 372 g/mol. The van der Waals surface area contributed by atoms with E-state index in [0.717, 1.165) is 10.0 Å². The van der Waals surface area contributed by atoms with Crippen molar-refractivity contribution in [2.24, 2.45) is 0 Å². The summed E-state index contributed by atoms with van der Waals surface area (Å²) < 4.78 is 7.88. The van der Waals surface area contributed by atoms with Crippen LogP contribution in [0.2, 0.25) is 0 Å². The number of esters is 1. The van der Waals surface area contributed by atoms with Crippen molar-refractivity contribution >= 4 is 21.9 Å². The highest BCUT2D eigenvalue weighted by Crippen LogP contribution is 2.12. The molecule has 0 bridgehead atoms. The molecular weight excluding hydrogens is 358 g/mol. The SMILES string of the molecule is O=C(OCc1cn(Cc2ccccc2)nn1)c1ccc(Br)cc1. The third-order valence-electron chi connectivity index (χ3n) is 3.20. The summed E-state index contributed by atoms with van der Waals surface area (Å²) in [5.74, 6) is -0.380. The first-order valence-electron chi connectivity index (χ1n) is 7.06. The predicted octanol–water partition coefficient (Wildman–Crippen LogP) is 3.45. The Kier molecular flexibility index (Phi) is 4.83. The van der Waals surface area contributed by atoms with Crippen LogP contribution in [0.15, 0.2) is 65.3 Å². The molecule has 0 amide bonds. The second kappa shape index (κ2) is 7.19. The highest BCUT2D eigenvalue weighted by molar-refractivity contribution is 9.10. The summed E-state index contributed by atoms with van der Waals surface area (Å²) in [6, 6.07) is 17.0. The summed E-state index contributed by atoms with van der Waals surface area (Å²) >= 11 is 3.33. The fraction of sp³-hybridized carbons (Fsp3) is 0.118. The number of rotatable bonds is 5. The first-order valence-corrected chi connectivity index (χ1v) is 7.85. The van der Waals surface area contributed by atoms with E-state index in [-0.39, 0.29) is 12.6 Å². The molecule has 0 unspecified atom stereocenters. The predicted molar refractivity (Wildman–Crippen MR) is 88.8 cm³/mol. The van der Waals surface area contributed by atoms with Crippen LogP contribution in [0, 0.1) is 0 Å². The van der Waals surface area contributed by atoms with Gasteiger partial charge in [0, 0.05) is 4.47 Å². The molecular formula is C17H14BrN3O2. The summed E-state index contributed by atoms with van der Waals surface area (Å²) in [6.45, 7) is 0.734. The molecule has 0 spiro atoms. The van der Waals surface area contributed by atoms with E-state index < -0.39 is 0 Å².